The minimum atomic E-state index is -0.640. The topological polar surface area (TPSA) is 69.7 Å². The molecule has 0 unspecified atom stereocenters. The van der Waals surface area contributed by atoms with Crippen LogP contribution < -0.4 is 10.8 Å². The quantitative estimate of drug-likeness (QED) is 0.748. The van der Waals surface area contributed by atoms with Crippen molar-refractivity contribution in [2.24, 2.45) is 0 Å². The number of amides is 1. The third kappa shape index (κ3) is 4.54. The SMILES string of the molecule is Cc1nc(NC(=O)OC(C)(C)C)c(B2OC(C)(C)C(C)(C)O2)cc1Br. The summed E-state index contributed by atoms with van der Waals surface area (Å²) < 4.78 is 18.3. The molecule has 0 aliphatic carbocycles. The summed E-state index contributed by atoms with van der Waals surface area (Å²) in [5, 5.41) is 2.71. The number of carbonyl (C=O) groups is 1. The number of hydrogen-bond donors (Lipinski definition) is 1. The van der Waals surface area contributed by atoms with Crippen molar-refractivity contribution in [1.82, 2.24) is 4.98 Å². The number of carbonyl (C=O) groups excluding carboxylic acids is 1. The van der Waals surface area contributed by atoms with Crippen LogP contribution in [0.5, 0.6) is 0 Å². The highest BCUT2D eigenvalue weighted by molar-refractivity contribution is 9.10. The Morgan fingerprint density at radius 1 is 1.24 bits per heavy atom. The molecule has 6 nitrogen and oxygen atoms in total. The zero-order valence-electron chi connectivity index (χ0n) is 16.1. The summed E-state index contributed by atoms with van der Waals surface area (Å²) in [5.41, 5.74) is -0.191. The molecule has 1 saturated heterocycles. The van der Waals surface area contributed by atoms with Crippen LogP contribution in [-0.2, 0) is 14.0 Å². The molecule has 1 fully saturated rings. The summed E-state index contributed by atoms with van der Waals surface area (Å²) in [7, 11) is -0.640. The molecule has 1 aliphatic heterocycles. The van der Waals surface area contributed by atoms with Gasteiger partial charge in [0.25, 0.3) is 0 Å². The molecule has 0 spiro atoms. The molecule has 2 heterocycles. The van der Waals surface area contributed by atoms with Gasteiger partial charge in [-0.1, -0.05) is 0 Å². The first-order chi connectivity index (χ1) is 11.2. The second-order valence-corrected chi connectivity index (χ2v) is 9.06. The molecule has 138 valence electrons. The fraction of sp³-hybridized carbons (Fsp3) is 0.647. The third-order valence-corrected chi connectivity index (χ3v) is 5.11. The number of aromatic nitrogens is 1. The van der Waals surface area contributed by atoms with E-state index >= 15 is 0 Å². The Balaban J connectivity index is 2.35. The molecule has 1 aliphatic rings. The van der Waals surface area contributed by atoms with Crippen LogP contribution in [-0.4, -0.2) is 35.0 Å². The average molecular weight is 413 g/mol. The molecule has 8 heteroatoms. The van der Waals surface area contributed by atoms with E-state index in [1.54, 1.807) is 0 Å². The third-order valence-electron chi connectivity index (χ3n) is 4.31. The highest BCUT2D eigenvalue weighted by Gasteiger charge is 2.52. The normalized spacial score (nSPS) is 19.0. The lowest BCUT2D eigenvalue weighted by Crippen LogP contribution is -2.41. The molecule has 0 atom stereocenters. The van der Waals surface area contributed by atoms with Crippen molar-refractivity contribution in [2.75, 3.05) is 5.32 Å². The molecule has 1 amide bonds. The maximum atomic E-state index is 12.2. The molecule has 0 saturated carbocycles. The Bertz CT molecular complexity index is 670. The van der Waals surface area contributed by atoms with Crippen molar-refractivity contribution in [3.05, 3.63) is 16.2 Å². The van der Waals surface area contributed by atoms with E-state index in [0.717, 1.165) is 10.2 Å². The lowest BCUT2D eigenvalue weighted by Gasteiger charge is -2.32. The summed E-state index contributed by atoms with van der Waals surface area (Å²) in [6.07, 6.45) is -0.570. The maximum Gasteiger partial charge on any atom is 0.498 e. The minimum Gasteiger partial charge on any atom is -0.444 e. The first-order valence-electron chi connectivity index (χ1n) is 8.24. The number of hydrogen-bond acceptors (Lipinski definition) is 5. The van der Waals surface area contributed by atoms with Gasteiger partial charge in [-0.15, -0.1) is 0 Å². The van der Waals surface area contributed by atoms with Crippen LogP contribution in [0.4, 0.5) is 10.6 Å². The van der Waals surface area contributed by atoms with Crippen LogP contribution in [0.25, 0.3) is 0 Å². The van der Waals surface area contributed by atoms with E-state index in [2.05, 4.69) is 26.2 Å². The zero-order valence-corrected chi connectivity index (χ0v) is 17.7. The van der Waals surface area contributed by atoms with E-state index in [0.29, 0.717) is 11.3 Å². The largest absolute Gasteiger partial charge is 0.498 e. The number of ether oxygens (including phenoxy) is 1. The van der Waals surface area contributed by atoms with E-state index in [-0.39, 0.29) is 0 Å². The predicted molar refractivity (Wildman–Crippen MR) is 102 cm³/mol. The first kappa shape index (κ1) is 20.2. The molecule has 0 aromatic carbocycles. The zero-order chi connectivity index (χ0) is 19.2. The molecule has 1 aromatic rings. The number of halogens is 1. The van der Waals surface area contributed by atoms with Crippen molar-refractivity contribution in [2.45, 2.75) is 72.2 Å². The molecule has 2 rings (SSSR count). The van der Waals surface area contributed by atoms with Gasteiger partial charge in [-0.3, -0.25) is 5.32 Å². The Morgan fingerprint density at radius 3 is 2.24 bits per heavy atom. The number of pyridine rings is 1. The van der Waals surface area contributed by atoms with Gasteiger partial charge >= 0.3 is 13.2 Å². The van der Waals surface area contributed by atoms with Crippen LogP contribution in [0, 0.1) is 6.92 Å². The Morgan fingerprint density at radius 2 is 1.76 bits per heavy atom. The lowest BCUT2D eigenvalue weighted by molar-refractivity contribution is 0.00578. The van der Waals surface area contributed by atoms with Crippen LogP contribution in [0.1, 0.15) is 54.2 Å². The van der Waals surface area contributed by atoms with Crippen LogP contribution >= 0.6 is 15.9 Å². The highest BCUT2D eigenvalue weighted by atomic mass is 79.9. The number of nitrogens with one attached hydrogen (secondary N) is 1. The van der Waals surface area contributed by atoms with E-state index in [4.69, 9.17) is 14.0 Å². The standard InChI is InChI=1S/C17H26BBrN2O4/c1-10-12(19)9-11(18-24-16(5,6)17(7,8)25-18)13(20-10)21-14(22)23-15(2,3)4/h9H,1-8H3,(H,20,21,22). The molecule has 0 radical (unpaired) electrons. The van der Waals surface area contributed by atoms with Crippen molar-refractivity contribution < 1.29 is 18.8 Å². The molecule has 25 heavy (non-hydrogen) atoms. The fourth-order valence-electron chi connectivity index (χ4n) is 2.25. The number of nitrogens with zero attached hydrogens (tertiary/aromatic N) is 1. The monoisotopic (exact) mass is 412 g/mol. The molecular formula is C17H26BBrN2O4. The van der Waals surface area contributed by atoms with Gasteiger partial charge in [0.05, 0.1) is 16.9 Å². The summed E-state index contributed by atoms with van der Waals surface area (Å²) in [6.45, 7) is 15.2. The van der Waals surface area contributed by atoms with E-state index in [1.807, 2.05) is 61.5 Å². The maximum absolute atomic E-state index is 12.2. The van der Waals surface area contributed by atoms with Crippen LogP contribution in [0.2, 0.25) is 0 Å². The molecular weight excluding hydrogens is 387 g/mol. The lowest BCUT2D eigenvalue weighted by atomic mass is 9.79. The molecule has 1 N–H and O–H groups in total. The van der Waals surface area contributed by atoms with Crippen LogP contribution in [0.15, 0.2) is 10.5 Å². The van der Waals surface area contributed by atoms with Crippen molar-refractivity contribution in [3.63, 3.8) is 0 Å². The van der Waals surface area contributed by atoms with E-state index in [9.17, 15) is 4.79 Å². The summed E-state index contributed by atoms with van der Waals surface area (Å²) >= 11 is 3.48. The minimum absolute atomic E-state index is 0.369. The van der Waals surface area contributed by atoms with Crippen molar-refractivity contribution >= 4 is 40.4 Å². The van der Waals surface area contributed by atoms with Gasteiger partial charge in [-0.2, -0.15) is 0 Å². The van der Waals surface area contributed by atoms with Crippen molar-refractivity contribution in [1.29, 1.82) is 0 Å². The summed E-state index contributed by atoms with van der Waals surface area (Å²) in [4.78, 5) is 16.6. The molecule has 1 aromatic heterocycles. The van der Waals surface area contributed by atoms with Gasteiger partial charge in [0, 0.05) is 9.94 Å². The van der Waals surface area contributed by atoms with E-state index in [1.165, 1.54) is 0 Å². The second-order valence-electron chi connectivity index (χ2n) is 8.21. The van der Waals surface area contributed by atoms with Crippen LogP contribution in [0.3, 0.4) is 0 Å². The van der Waals surface area contributed by atoms with Gasteiger partial charge in [-0.25, -0.2) is 9.78 Å². The fourth-order valence-corrected chi connectivity index (χ4v) is 2.58. The Kier molecular flexibility index (Phi) is 5.30. The second kappa shape index (κ2) is 6.56. The number of anilines is 1. The highest BCUT2D eigenvalue weighted by Crippen LogP contribution is 2.37. The molecule has 0 bridgehead atoms. The first-order valence-corrected chi connectivity index (χ1v) is 9.04. The summed E-state index contributed by atoms with van der Waals surface area (Å²) in [5.74, 6) is 0.369. The van der Waals surface area contributed by atoms with Gasteiger partial charge in [0.1, 0.15) is 11.4 Å². The van der Waals surface area contributed by atoms with Gasteiger partial charge in [0.15, 0.2) is 0 Å². The Labute approximate surface area is 158 Å². The van der Waals surface area contributed by atoms with Gasteiger partial charge < -0.3 is 14.0 Å². The Hall–Kier alpha value is -1.12. The smallest absolute Gasteiger partial charge is 0.444 e. The summed E-state index contributed by atoms with van der Waals surface area (Å²) in [6, 6.07) is 1.86. The number of rotatable bonds is 2. The van der Waals surface area contributed by atoms with Gasteiger partial charge in [0.2, 0.25) is 0 Å². The average Bonchev–Trinajstić information content (AvgIpc) is 2.60. The van der Waals surface area contributed by atoms with E-state index < -0.39 is 30.0 Å². The van der Waals surface area contributed by atoms with Crippen molar-refractivity contribution in [3.8, 4) is 0 Å². The number of aryl methyl sites for hydroxylation is 1. The predicted octanol–water partition coefficient (Wildman–Crippen LogP) is 3.80. The van der Waals surface area contributed by atoms with Gasteiger partial charge in [-0.05, 0) is 77.4 Å².